The monoisotopic (exact) mass is 270 g/mol. The molecule has 2 N–H and O–H groups in total. The van der Waals surface area contributed by atoms with Gasteiger partial charge in [0, 0.05) is 23.4 Å². The number of anilines is 1. The Kier molecular flexibility index (Phi) is 3.49. The first-order valence-corrected chi connectivity index (χ1v) is 6.44. The molecule has 4 heteroatoms. The van der Waals surface area contributed by atoms with Crippen molar-refractivity contribution >= 4 is 11.4 Å². The van der Waals surface area contributed by atoms with Crippen LogP contribution in [0, 0.1) is 10.1 Å². The van der Waals surface area contributed by atoms with Crippen LogP contribution in [0.15, 0.2) is 42.5 Å². The van der Waals surface area contributed by atoms with Gasteiger partial charge < -0.3 is 5.73 Å². The fourth-order valence-corrected chi connectivity index (χ4v) is 2.06. The van der Waals surface area contributed by atoms with Gasteiger partial charge in [-0.2, -0.15) is 0 Å². The van der Waals surface area contributed by atoms with Crippen molar-refractivity contribution in [3.05, 3.63) is 58.1 Å². The van der Waals surface area contributed by atoms with E-state index in [0.29, 0.717) is 11.3 Å². The molecule has 0 fully saturated rings. The van der Waals surface area contributed by atoms with Gasteiger partial charge in [-0.05, 0) is 22.6 Å². The zero-order chi connectivity index (χ0) is 14.9. The first-order chi connectivity index (χ1) is 9.29. The lowest BCUT2D eigenvalue weighted by Gasteiger charge is -2.19. The Hall–Kier alpha value is -2.36. The molecule has 0 amide bonds. The van der Waals surface area contributed by atoms with Crippen LogP contribution in [0.4, 0.5) is 11.4 Å². The number of nitro groups is 1. The van der Waals surface area contributed by atoms with Crippen molar-refractivity contribution in [2.24, 2.45) is 0 Å². The molecule has 0 atom stereocenters. The topological polar surface area (TPSA) is 69.2 Å². The Morgan fingerprint density at radius 1 is 1.05 bits per heavy atom. The van der Waals surface area contributed by atoms with Crippen molar-refractivity contribution in [1.29, 1.82) is 0 Å². The normalized spacial score (nSPS) is 11.3. The molecule has 0 aromatic heterocycles. The van der Waals surface area contributed by atoms with Gasteiger partial charge in [0.05, 0.1) is 4.92 Å². The first kappa shape index (κ1) is 14.1. The van der Waals surface area contributed by atoms with Crippen LogP contribution < -0.4 is 5.73 Å². The lowest BCUT2D eigenvalue weighted by Crippen LogP contribution is -2.10. The summed E-state index contributed by atoms with van der Waals surface area (Å²) < 4.78 is 0. The molecular weight excluding hydrogens is 252 g/mol. The summed E-state index contributed by atoms with van der Waals surface area (Å²) in [4.78, 5) is 10.4. The van der Waals surface area contributed by atoms with Crippen LogP contribution in [0.2, 0.25) is 0 Å². The zero-order valence-corrected chi connectivity index (χ0v) is 11.9. The minimum atomic E-state index is -0.410. The molecule has 0 saturated heterocycles. The second kappa shape index (κ2) is 4.96. The van der Waals surface area contributed by atoms with Crippen LogP contribution in [0.3, 0.4) is 0 Å². The van der Waals surface area contributed by atoms with Crippen molar-refractivity contribution in [3.63, 3.8) is 0 Å². The Morgan fingerprint density at radius 3 is 2.15 bits per heavy atom. The molecule has 0 heterocycles. The summed E-state index contributed by atoms with van der Waals surface area (Å²) in [6, 6.07) is 12.5. The number of nitrogens with zero attached hydrogens (tertiary/aromatic N) is 1. The summed E-state index contributed by atoms with van der Waals surface area (Å²) in [6.07, 6.45) is 0. The molecule has 4 nitrogen and oxygen atoms in total. The van der Waals surface area contributed by atoms with E-state index in [2.05, 4.69) is 20.8 Å². The van der Waals surface area contributed by atoms with E-state index in [1.165, 1.54) is 17.7 Å². The molecule has 0 saturated carbocycles. The summed E-state index contributed by atoms with van der Waals surface area (Å²) in [7, 11) is 0. The maximum absolute atomic E-state index is 10.8. The Morgan fingerprint density at radius 2 is 1.65 bits per heavy atom. The highest BCUT2D eigenvalue weighted by Gasteiger charge is 2.14. The van der Waals surface area contributed by atoms with Gasteiger partial charge in [-0.1, -0.05) is 45.0 Å². The second-order valence-corrected chi connectivity index (χ2v) is 5.86. The standard InChI is InChI=1S/C16H18N2O2/c1-16(2,3)12-6-4-11(5-7-12)14-10-13(18(19)20)8-9-15(14)17/h4-10H,17H2,1-3H3. The molecule has 104 valence electrons. The third kappa shape index (κ3) is 2.79. The molecule has 0 bridgehead atoms. The lowest BCUT2D eigenvalue weighted by atomic mass is 9.86. The van der Waals surface area contributed by atoms with E-state index < -0.39 is 4.92 Å². The van der Waals surface area contributed by atoms with Gasteiger partial charge in [-0.25, -0.2) is 0 Å². The Balaban J connectivity index is 2.46. The van der Waals surface area contributed by atoms with Crippen LogP contribution in [0.1, 0.15) is 26.3 Å². The third-order valence-electron chi connectivity index (χ3n) is 3.31. The highest BCUT2D eigenvalue weighted by atomic mass is 16.6. The number of nitrogens with two attached hydrogens (primary N) is 1. The summed E-state index contributed by atoms with van der Waals surface area (Å²) in [5, 5.41) is 10.8. The number of nitrogen functional groups attached to an aromatic ring is 1. The van der Waals surface area contributed by atoms with Crippen LogP contribution in [0.5, 0.6) is 0 Å². The molecule has 0 unspecified atom stereocenters. The maximum Gasteiger partial charge on any atom is 0.270 e. The van der Waals surface area contributed by atoms with Crippen molar-refractivity contribution < 1.29 is 4.92 Å². The summed E-state index contributed by atoms with van der Waals surface area (Å²) in [5.74, 6) is 0. The van der Waals surface area contributed by atoms with Crippen molar-refractivity contribution in [2.75, 3.05) is 5.73 Å². The van der Waals surface area contributed by atoms with E-state index in [-0.39, 0.29) is 11.1 Å². The minimum absolute atomic E-state index is 0.0501. The van der Waals surface area contributed by atoms with Crippen molar-refractivity contribution in [3.8, 4) is 11.1 Å². The molecule has 0 radical (unpaired) electrons. The van der Waals surface area contributed by atoms with E-state index in [1.54, 1.807) is 6.07 Å². The minimum Gasteiger partial charge on any atom is -0.398 e. The van der Waals surface area contributed by atoms with E-state index in [1.807, 2.05) is 24.3 Å². The fourth-order valence-electron chi connectivity index (χ4n) is 2.06. The molecule has 0 aliphatic rings. The van der Waals surface area contributed by atoms with E-state index in [4.69, 9.17) is 5.73 Å². The lowest BCUT2D eigenvalue weighted by molar-refractivity contribution is -0.384. The zero-order valence-electron chi connectivity index (χ0n) is 11.9. The Labute approximate surface area is 118 Å². The third-order valence-corrected chi connectivity index (χ3v) is 3.31. The van der Waals surface area contributed by atoms with Gasteiger partial charge in [-0.3, -0.25) is 10.1 Å². The molecule has 2 aromatic rings. The SMILES string of the molecule is CC(C)(C)c1ccc(-c2cc([N+](=O)[O-])ccc2N)cc1. The number of hydrogen-bond donors (Lipinski definition) is 1. The van der Waals surface area contributed by atoms with Gasteiger partial charge in [0.1, 0.15) is 0 Å². The Bertz CT molecular complexity index is 641. The average molecular weight is 270 g/mol. The molecule has 0 aliphatic carbocycles. The van der Waals surface area contributed by atoms with E-state index in [0.717, 1.165) is 5.56 Å². The van der Waals surface area contributed by atoms with Crippen molar-refractivity contribution in [1.82, 2.24) is 0 Å². The fraction of sp³-hybridized carbons (Fsp3) is 0.250. The van der Waals surface area contributed by atoms with Gasteiger partial charge in [0.2, 0.25) is 0 Å². The number of non-ortho nitro benzene ring substituents is 1. The number of hydrogen-bond acceptors (Lipinski definition) is 3. The molecule has 20 heavy (non-hydrogen) atoms. The van der Waals surface area contributed by atoms with Gasteiger partial charge >= 0.3 is 0 Å². The highest BCUT2D eigenvalue weighted by molar-refractivity contribution is 5.78. The maximum atomic E-state index is 10.8. The van der Waals surface area contributed by atoms with Crippen LogP contribution >= 0.6 is 0 Å². The molecule has 0 spiro atoms. The molecule has 0 aliphatic heterocycles. The van der Waals surface area contributed by atoms with E-state index >= 15 is 0 Å². The van der Waals surface area contributed by atoms with Gasteiger partial charge in [0.15, 0.2) is 0 Å². The first-order valence-electron chi connectivity index (χ1n) is 6.44. The molecule has 2 aromatic carbocycles. The van der Waals surface area contributed by atoms with Crippen LogP contribution in [-0.2, 0) is 5.41 Å². The van der Waals surface area contributed by atoms with Crippen LogP contribution in [-0.4, -0.2) is 4.92 Å². The summed E-state index contributed by atoms with van der Waals surface area (Å²) in [6.45, 7) is 6.43. The van der Waals surface area contributed by atoms with Crippen LogP contribution in [0.25, 0.3) is 11.1 Å². The largest absolute Gasteiger partial charge is 0.398 e. The predicted octanol–water partition coefficient (Wildman–Crippen LogP) is 4.14. The predicted molar refractivity (Wildman–Crippen MR) is 81.6 cm³/mol. The molecular formula is C16H18N2O2. The second-order valence-electron chi connectivity index (χ2n) is 5.86. The summed E-state index contributed by atoms with van der Waals surface area (Å²) in [5.41, 5.74) is 9.39. The van der Waals surface area contributed by atoms with E-state index in [9.17, 15) is 10.1 Å². The molecule has 2 rings (SSSR count). The number of nitro benzene ring substituents is 1. The van der Waals surface area contributed by atoms with Gasteiger partial charge in [-0.15, -0.1) is 0 Å². The quantitative estimate of drug-likeness (QED) is 0.506. The van der Waals surface area contributed by atoms with Gasteiger partial charge in [0.25, 0.3) is 5.69 Å². The number of benzene rings is 2. The average Bonchev–Trinajstić information content (AvgIpc) is 2.38. The van der Waals surface area contributed by atoms with Crippen molar-refractivity contribution in [2.45, 2.75) is 26.2 Å². The number of rotatable bonds is 2. The smallest absolute Gasteiger partial charge is 0.270 e. The summed E-state index contributed by atoms with van der Waals surface area (Å²) >= 11 is 0. The highest BCUT2D eigenvalue weighted by Crippen LogP contribution is 2.31.